The fourth-order valence-corrected chi connectivity index (χ4v) is 2.26. The zero-order valence-corrected chi connectivity index (χ0v) is 10.3. The van der Waals surface area contributed by atoms with Crippen molar-refractivity contribution in [3.8, 4) is 0 Å². The monoisotopic (exact) mass is 254 g/mol. The van der Waals surface area contributed by atoms with Gasteiger partial charge in [-0.15, -0.1) is 0 Å². The number of hydrogen-bond donors (Lipinski definition) is 1. The number of nitrogens with zero attached hydrogens (tertiary/aromatic N) is 1. The summed E-state index contributed by atoms with van der Waals surface area (Å²) in [6.07, 6.45) is 3.20. The molecule has 3 nitrogen and oxygen atoms in total. The number of nitrogens with one attached hydrogen (secondary N) is 1. The predicted octanol–water partition coefficient (Wildman–Crippen LogP) is 2.56. The van der Waals surface area contributed by atoms with E-state index in [0.29, 0.717) is 5.02 Å². The van der Waals surface area contributed by atoms with Crippen LogP contribution in [0.1, 0.15) is 0 Å². The third kappa shape index (κ3) is 2.46. The van der Waals surface area contributed by atoms with Crippen molar-refractivity contribution < 1.29 is 4.21 Å². The number of fused-ring (bicyclic) bond motifs is 1. The van der Waals surface area contributed by atoms with Crippen molar-refractivity contribution in [3.05, 3.63) is 35.5 Å². The number of aromatic nitrogens is 1. The number of rotatable bonds is 2. The second-order valence-corrected chi connectivity index (χ2v) is 6.25. The van der Waals surface area contributed by atoms with Gasteiger partial charge in [0.05, 0.1) is 10.5 Å². The molecule has 1 heterocycles. The summed E-state index contributed by atoms with van der Waals surface area (Å²) in [5.41, 5.74) is 1.54. The standard InChI is InChI=1S/C11H11ClN2OS/c1-16(2,15)14-8-3-4-11-9(7-8)10(12)5-6-13-11/h3-7H,1H2,2H3,(H,14,15). The van der Waals surface area contributed by atoms with Crippen molar-refractivity contribution >= 4 is 43.8 Å². The zero-order chi connectivity index (χ0) is 11.8. The summed E-state index contributed by atoms with van der Waals surface area (Å²) < 4.78 is 14.3. The molecule has 1 unspecified atom stereocenters. The van der Waals surface area contributed by atoms with Gasteiger partial charge in [-0.2, -0.15) is 0 Å². The highest BCUT2D eigenvalue weighted by Gasteiger charge is 2.02. The molecule has 0 bridgehead atoms. The Morgan fingerprint density at radius 2 is 2.19 bits per heavy atom. The minimum absolute atomic E-state index is 0.625. The molecule has 0 aliphatic carbocycles. The van der Waals surface area contributed by atoms with E-state index < -0.39 is 9.71 Å². The summed E-state index contributed by atoms with van der Waals surface area (Å²) in [4.78, 5) is 4.18. The number of halogens is 1. The first-order chi connectivity index (χ1) is 7.46. The first kappa shape index (κ1) is 11.2. The van der Waals surface area contributed by atoms with Gasteiger partial charge in [-0.3, -0.25) is 4.98 Å². The molecule has 1 aromatic heterocycles. The highest BCUT2D eigenvalue weighted by molar-refractivity contribution is 8.00. The van der Waals surface area contributed by atoms with Crippen LogP contribution in [0.5, 0.6) is 0 Å². The smallest absolute Gasteiger partial charge is 0.0718 e. The molecule has 0 aliphatic heterocycles. The van der Waals surface area contributed by atoms with Crippen LogP contribution in [-0.4, -0.2) is 21.3 Å². The Balaban J connectivity index is 2.55. The Labute approximate surface area is 99.6 Å². The summed E-state index contributed by atoms with van der Waals surface area (Å²) in [5.74, 6) is 3.54. The molecule has 0 saturated heterocycles. The van der Waals surface area contributed by atoms with Crippen LogP contribution in [0.15, 0.2) is 30.5 Å². The number of pyridine rings is 1. The maximum Gasteiger partial charge on any atom is 0.0718 e. The van der Waals surface area contributed by atoms with E-state index in [1.165, 1.54) is 0 Å². The highest BCUT2D eigenvalue weighted by atomic mass is 35.5. The van der Waals surface area contributed by atoms with E-state index in [4.69, 9.17) is 11.6 Å². The van der Waals surface area contributed by atoms with Crippen molar-refractivity contribution in [2.45, 2.75) is 0 Å². The fourth-order valence-electron chi connectivity index (χ4n) is 1.43. The molecule has 1 aromatic carbocycles. The largest absolute Gasteiger partial charge is 0.313 e. The summed E-state index contributed by atoms with van der Waals surface area (Å²) in [7, 11) is -2.27. The van der Waals surface area contributed by atoms with Gasteiger partial charge in [0.1, 0.15) is 0 Å². The van der Waals surface area contributed by atoms with Crippen LogP contribution in [0.3, 0.4) is 0 Å². The molecule has 2 aromatic rings. The molecule has 16 heavy (non-hydrogen) atoms. The minimum Gasteiger partial charge on any atom is -0.313 e. The molecule has 0 saturated carbocycles. The lowest BCUT2D eigenvalue weighted by Crippen LogP contribution is -2.09. The van der Waals surface area contributed by atoms with Gasteiger partial charge >= 0.3 is 0 Å². The van der Waals surface area contributed by atoms with Crippen LogP contribution in [-0.2, 0) is 9.71 Å². The van der Waals surface area contributed by atoms with Gasteiger partial charge in [0.2, 0.25) is 0 Å². The molecular formula is C11H11ClN2OS. The Kier molecular flexibility index (Phi) is 2.78. The lowest BCUT2D eigenvalue weighted by Gasteiger charge is -2.08. The minimum atomic E-state index is -2.27. The van der Waals surface area contributed by atoms with Crippen molar-refractivity contribution in [2.24, 2.45) is 0 Å². The van der Waals surface area contributed by atoms with Crippen LogP contribution in [0.2, 0.25) is 5.02 Å². The quantitative estimate of drug-likeness (QED) is 0.837. The molecule has 0 spiro atoms. The van der Waals surface area contributed by atoms with E-state index >= 15 is 0 Å². The molecule has 0 aliphatic rings. The van der Waals surface area contributed by atoms with Crippen LogP contribution < -0.4 is 4.72 Å². The predicted molar refractivity (Wildman–Crippen MR) is 71.6 cm³/mol. The van der Waals surface area contributed by atoms with E-state index in [1.807, 2.05) is 12.1 Å². The second-order valence-electron chi connectivity index (χ2n) is 3.63. The van der Waals surface area contributed by atoms with Gasteiger partial charge in [0, 0.05) is 33.2 Å². The Morgan fingerprint density at radius 1 is 1.44 bits per heavy atom. The topological polar surface area (TPSA) is 42.0 Å². The van der Waals surface area contributed by atoms with Gasteiger partial charge in [0.25, 0.3) is 0 Å². The normalized spacial score (nSPS) is 14.6. The molecule has 2 rings (SSSR count). The first-order valence-electron chi connectivity index (χ1n) is 4.60. The fraction of sp³-hybridized carbons (Fsp3) is 0.0909. The average Bonchev–Trinajstić information content (AvgIpc) is 2.17. The molecule has 0 fully saturated rings. The Bertz CT molecular complexity index is 637. The van der Waals surface area contributed by atoms with Crippen LogP contribution >= 0.6 is 11.6 Å². The maximum absolute atomic E-state index is 11.5. The first-order valence-corrected chi connectivity index (χ1v) is 7.11. The van der Waals surface area contributed by atoms with E-state index in [9.17, 15) is 4.21 Å². The van der Waals surface area contributed by atoms with Gasteiger partial charge in [0.15, 0.2) is 0 Å². The van der Waals surface area contributed by atoms with E-state index in [0.717, 1.165) is 16.6 Å². The molecule has 84 valence electrons. The molecule has 1 atom stereocenters. The molecule has 0 amide bonds. The number of anilines is 1. The third-order valence-corrected chi connectivity index (χ3v) is 3.02. The van der Waals surface area contributed by atoms with Crippen LogP contribution in [0, 0.1) is 0 Å². The highest BCUT2D eigenvalue weighted by Crippen LogP contribution is 2.24. The summed E-state index contributed by atoms with van der Waals surface area (Å²) in [6, 6.07) is 7.18. The molecule has 0 radical (unpaired) electrons. The van der Waals surface area contributed by atoms with Gasteiger partial charge in [-0.05, 0) is 30.1 Å². The lowest BCUT2D eigenvalue weighted by atomic mass is 10.2. The number of benzene rings is 1. The molecular weight excluding hydrogens is 244 g/mol. The van der Waals surface area contributed by atoms with Crippen molar-refractivity contribution in [1.82, 2.24) is 4.98 Å². The van der Waals surface area contributed by atoms with Crippen molar-refractivity contribution in [2.75, 3.05) is 11.0 Å². The maximum atomic E-state index is 11.5. The Morgan fingerprint density at radius 3 is 2.88 bits per heavy atom. The van der Waals surface area contributed by atoms with Gasteiger partial charge < -0.3 is 4.72 Å². The molecule has 1 N–H and O–H groups in total. The summed E-state index contributed by atoms with van der Waals surface area (Å²) in [5, 5.41) is 1.46. The van der Waals surface area contributed by atoms with Crippen LogP contribution in [0.4, 0.5) is 5.69 Å². The van der Waals surface area contributed by atoms with Crippen LogP contribution in [0.25, 0.3) is 10.9 Å². The molecule has 5 heteroatoms. The summed E-state index contributed by atoms with van der Waals surface area (Å²) in [6.45, 7) is 0. The van der Waals surface area contributed by atoms with E-state index in [2.05, 4.69) is 15.6 Å². The average molecular weight is 255 g/mol. The van der Waals surface area contributed by atoms with Crippen molar-refractivity contribution in [3.63, 3.8) is 0 Å². The third-order valence-electron chi connectivity index (χ3n) is 2.02. The zero-order valence-electron chi connectivity index (χ0n) is 8.74. The second kappa shape index (κ2) is 3.96. The summed E-state index contributed by atoms with van der Waals surface area (Å²) >= 11 is 6.05. The Hall–Kier alpha value is -1.26. The lowest BCUT2D eigenvalue weighted by molar-refractivity contribution is 0.688. The SMILES string of the molecule is C=S(C)(=O)Nc1ccc2nccc(Cl)c2c1. The number of hydrogen-bond acceptors (Lipinski definition) is 2. The van der Waals surface area contributed by atoms with Gasteiger partial charge in [-0.1, -0.05) is 11.6 Å². The van der Waals surface area contributed by atoms with E-state index in [1.54, 1.807) is 24.6 Å². The van der Waals surface area contributed by atoms with Gasteiger partial charge in [-0.25, -0.2) is 4.21 Å². The van der Waals surface area contributed by atoms with E-state index in [-0.39, 0.29) is 0 Å². The van der Waals surface area contributed by atoms with Crippen molar-refractivity contribution in [1.29, 1.82) is 0 Å².